The Labute approximate surface area is 119 Å². The number of hydrogen-bond donors (Lipinski definition) is 1. The summed E-state index contributed by atoms with van der Waals surface area (Å²) >= 11 is 12.0. The highest BCUT2D eigenvalue weighted by Crippen LogP contribution is 2.32. The first kappa shape index (κ1) is 12.3. The summed E-state index contributed by atoms with van der Waals surface area (Å²) in [6, 6.07) is 12.2. The predicted octanol–water partition coefficient (Wildman–Crippen LogP) is 5.00. The summed E-state index contributed by atoms with van der Waals surface area (Å²) in [5, 5.41) is 13.7. The van der Waals surface area contributed by atoms with Gasteiger partial charge in [-0.25, -0.2) is 4.79 Å². The van der Waals surface area contributed by atoms with Gasteiger partial charge in [0, 0.05) is 10.0 Å². The van der Waals surface area contributed by atoms with E-state index in [1.165, 1.54) is 0 Å². The number of carboxylic acids is 1. The molecule has 0 radical (unpaired) electrons. The first-order valence-corrected chi connectivity index (χ1v) is 6.37. The summed E-state index contributed by atoms with van der Waals surface area (Å²) in [6.07, 6.45) is 0. The fourth-order valence-electron chi connectivity index (χ4n) is 2.27. The van der Waals surface area contributed by atoms with Gasteiger partial charge in [0.1, 0.15) is 0 Å². The topological polar surface area (TPSA) is 37.3 Å². The highest BCUT2D eigenvalue weighted by Gasteiger charge is 2.12. The van der Waals surface area contributed by atoms with Gasteiger partial charge in [-0.3, -0.25) is 0 Å². The Kier molecular flexibility index (Phi) is 2.85. The van der Waals surface area contributed by atoms with E-state index in [0.29, 0.717) is 15.4 Å². The van der Waals surface area contributed by atoms with Crippen LogP contribution in [0.25, 0.3) is 21.5 Å². The van der Waals surface area contributed by atoms with Crippen LogP contribution in [-0.4, -0.2) is 11.1 Å². The Morgan fingerprint density at radius 3 is 2.16 bits per heavy atom. The van der Waals surface area contributed by atoms with E-state index in [1.54, 1.807) is 30.3 Å². The molecule has 2 nitrogen and oxygen atoms in total. The Hall–Kier alpha value is -1.77. The number of halogens is 2. The molecule has 0 amide bonds. The number of fused-ring (bicyclic) bond motifs is 3. The molecule has 3 aromatic carbocycles. The van der Waals surface area contributed by atoms with Gasteiger partial charge in [-0.1, -0.05) is 35.3 Å². The quantitative estimate of drug-likeness (QED) is 0.641. The number of benzene rings is 3. The number of rotatable bonds is 1. The van der Waals surface area contributed by atoms with Gasteiger partial charge in [-0.2, -0.15) is 0 Å². The summed E-state index contributed by atoms with van der Waals surface area (Å²) in [6.45, 7) is 0. The van der Waals surface area contributed by atoms with Crippen molar-refractivity contribution in [1.82, 2.24) is 0 Å². The third kappa shape index (κ3) is 2.03. The van der Waals surface area contributed by atoms with Crippen molar-refractivity contribution >= 4 is 50.7 Å². The van der Waals surface area contributed by atoms with E-state index in [4.69, 9.17) is 23.2 Å². The van der Waals surface area contributed by atoms with Crippen molar-refractivity contribution in [2.24, 2.45) is 0 Å². The molecule has 0 aromatic heterocycles. The van der Waals surface area contributed by atoms with Crippen molar-refractivity contribution in [3.63, 3.8) is 0 Å². The van der Waals surface area contributed by atoms with E-state index in [1.807, 2.05) is 12.1 Å². The molecule has 0 saturated carbocycles. The van der Waals surface area contributed by atoms with E-state index < -0.39 is 5.97 Å². The average Bonchev–Trinajstić information content (AvgIpc) is 2.37. The zero-order chi connectivity index (χ0) is 13.6. The summed E-state index contributed by atoms with van der Waals surface area (Å²) in [7, 11) is 0. The minimum Gasteiger partial charge on any atom is -0.478 e. The molecule has 0 spiro atoms. The van der Waals surface area contributed by atoms with Gasteiger partial charge in [0.25, 0.3) is 0 Å². The van der Waals surface area contributed by atoms with E-state index in [9.17, 15) is 9.90 Å². The van der Waals surface area contributed by atoms with Crippen LogP contribution in [0, 0.1) is 0 Å². The van der Waals surface area contributed by atoms with Gasteiger partial charge < -0.3 is 5.11 Å². The molecular weight excluding hydrogens is 283 g/mol. The maximum Gasteiger partial charge on any atom is 0.336 e. The second-order valence-corrected chi connectivity index (χ2v) is 5.16. The Balaban J connectivity index is 2.58. The van der Waals surface area contributed by atoms with Crippen LogP contribution < -0.4 is 0 Å². The molecule has 0 aliphatic rings. The van der Waals surface area contributed by atoms with Crippen molar-refractivity contribution in [3.05, 3.63) is 58.1 Å². The molecule has 4 heteroatoms. The molecule has 0 fully saturated rings. The van der Waals surface area contributed by atoms with E-state index in [2.05, 4.69) is 0 Å². The average molecular weight is 291 g/mol. The lowest BCUT2D eigenvalue weighted by Gasteiger charge is -2.08. The Morgan fingerprint density at radius 1 is 0.842 bits per heavy atom. The summed E-state index contributed by atoms with van der Waals surface area (Å²) in [5.74, 6) is -0.954. The minimum atomic E-state index is -0.954. The fraction of sp³-hybridized carbons (Fsp3) is 0. The Bertz CT molecular complexity index is 825. The first-order valence-electron chi connectivity index (χ1n) is 5.61. The second-order valence-electron chi connectivity index (χ2n) is 4.28. The molecule has 0 aliphatic heterocycles. The molecule has 3 rings (SSSR count). The lowest BCUT2D eigenvalue weighted by Crippen LogP contribution is -1.98. The van der Waals surface area contributed by atoms with Gasteiger partial charge in [-0.05, 0) is 51.9 Å². The molecule has 94 valence electrons. The molecule has 19 heavy (non-hydrogen) atoms. The van der Waals surface area contributed by atoms with Crippen LogP contribution in [0.3, 0.4) is 0 Å². The lowest BCUT2D eigenvalue weighted by atomic mass is 9.97. The van der Waals surface area contributed by atoms with Crippen molar-refractivity contribution in [3.8, 4) is 0 Å². The molecule has 0 unspecified atom stereocenters. The van der Waals surface area contributed by atoms with E-state index in [-0.39, 0.29) is 5.56 Å². The van der Waals surface area contributed by atoms with Crippen molar-refractivity contribution in [2.75, 3.05) is 0 Å². The van der Waals surface area contributed by atoms with Gasteiger partial charge in [0.15, 0.2) is 0 Å². The molecule has 1 N–H and O–H groups in total. The van der Waals surface area contributed by atoms with Gasteiger partial charge in [0.05, 0.1) is 5.56 Å². The highest BCUT2D eigenvalue weighted by atomic mass is 35.5. The number of aromatic carboxylic acids is 1. The fourth-order valence-corrected chi connectivity index (χ4v) is 2.62. The highest BCUT2D eigenvalue weighted by molar-refractivity contribution is 6.33. The third-order valence-corrected chi connectivity index (χ3v) is 3.58. The van der Waals surface area contributed by atoms with Crippen LogP contribution in [0.4, 0.5) is 0 Å². The summed E-state index contributed by atoms with van der Waals surface area (Å²) in [5.41, 5.74) is 0.265. The number of carboxylic acid groups (broad SMARTS) is 1. The predicted molar refractivity (Wildman–Crippen MR) is 78.4 cm³/mol. The van der Waals surface area contributed by atoms with Crippen LogP contribution >= 0.6 is 23.2 Å². The maximum atomic E-state index is 11.4. The monoisotopic (exact) mass is 290 g/mol. The number of carbonyl (C=O) groups is 1. The zero-order valence-electron chi connectivity index (χ0n) is 9.65. The van der Waals surface area contributed by atoms with Crippen LogP contribution in [0.1, 0.15) is 10.4 Å². The number of hydrogen-bond acceptors (Lipinski definition) is 1. The van der Waals surface area contributed by atoms with E-state index in [0.717, 1.165) is 16.2 Å². The van der Waals surface area contributed by atoms with Crippen LogP contribution in [0.15, 0.2) is 42.5 Å². The lowest BCUT2D eigenvalue weighted by molar-refractivity contribution is 0.0699. The molecule has 0 aliphatic carbocycles. The van der Waals surface area contributed by atoms with Gasteiger partial charge >= 0.3 is 5.97 Å². The SMILES string of the molecule is O=C(O)c1cc2ccc(Cl)cc2c2cc(Cl)ccc12. The Morgan fingerprint density at radius 2 is 1.47 bits per heavy atom. The van der Waals surface area contributed by atoms with Crippen LogP contribution in [0.2, 0.25) is 10.0 Å². The molecule has 0 heterocycles. The standard InChI is InChI=1S/C15H8Cl2O2/c16-9-2-1-8-5-14(15(18)19)11-4-3-10(17)7-13(11)12(8)6-9/h1-7H,(H,18,19). The van der Waals surface area contributed by atoms with Gasteiger partial charge in [-0.15, -0.1) is 0 Å². The van der Waals surface area contributed by atoms with Crippen LogP contribution in [-0.2, 0) is 0 Å². The third-order valence-electron chi connectivity index (χ3n) is 3.11. The molecule has 0 bridgehead atoms. The molecular formula is C15H8Cl2O2. The second kappa shape index (κ2) is 4.41. The minimum absolute atomic E-state index is 0.265. The van der Waals surface area contributed by atoms with Crippen molar-refractivity contribution in [2.45, 2.75) is 0 Å². The van der Waals surface area contributed by atoms with Crippen molar-refractivity contribution in [1.29, 1.82) is 0 Å². The summed E-state index contributed by atoms with van der Waals surface area (Å²) < 4.78 is 0. The molecule has 3 aromatic rings. The first-order chi connectivity index (χ1) is 9.06. The van der Waals surface area contributed by atoms with Crippen LogP contribution in [0.5, 0.6) is 0 Å². The van der Waals surface area contributed by atoms with E-state index >= 15 is 0 Å². The largest absolute Gasteiger partial charge is 0.478 e. The zero-order valence-corrected chi connectivity index (χ0v) is 11.2. The molecule has 0 atom stereocenters. The molecule has 0 saturated heterocycles. The normalized spacial score (nSPS) is 11.1. The van der Waals surface area contributed by atoms with Gasteiger partial charge in [0.2, 0.25) is 0 Å². The maximum absolute atomic E-state index is 11.4. The smallest absolute Gasteiger partial charge is 0.336 e. The van der Waals surface area contributed by atoms with Crippen molar-refractivity contribution < 1.29 is 9.90 Å². The summed E-state index contributed by atoms with van der Waals surface area (Å²) in [4.78, 5) is 11.4.